The van der Waals surface area contributed by atoms with Crippen LogP contribution in [0.3, 0.4) is 0 Å². The summed E-state index contributed by atoms with van der Waals surface area (Å²) in [6.07, 6.45) is 4.66. The molecule has 2 aromatic heterocycles. The number of nitrogens with zero attached hydrogens (tertiary/aromatic N) is 6. The van der Waals surface area contributed by atoms with Crippen LogP contribution in [0.4, 0.5) is 20.4 Å². The number of piperidine rings is 1. The molecule has 2 unspecified atom stereocenters. The molecule has 1 N–H and O–H groups in total. The third-order valence-electron chi connectivity index (χ3n) is 6.93. The van der Waals surface area contributed by atoms with Crippen LogP contribution in [0.1, 0.15) is 36.9 Å². The second-order valence-electron chi connectivity index (χ2n) is 9.10. The Morgan fingerprint density at radius 3 is 2.67 bits per heavy atom. The minimum Gasteiger partial charge on any atom is -0.347 e. The number of alkyl halides is 1. The number of halogens is 2. The number of nitrogens with one attached hydrogen (secondary N) is 1. The molecule has 2 fully saturated rings. The van der Waals surface area contributed by atoms with Crippen molar-refractivity contribution >= 4 is 17.2 Å². The molecule has 3 aromatic rings. The van der Waals surface area contributed by atoms with E-state index in [1.807, 2.05) is 32.0 Å². The molecule has 0 spiro atoms. The zero-order valence-corrected chi connectivity index (χ0v) is 19.2. The van der Waals surface area contributed by atoms with Gasteiger partial charge < -0.3 is 5.32 Å². The fourth-order valence-corrected chi connectivity index (χ4v) is 4.93. The number of hydrogen-bond donors (Lipinski definition) is 1. The molecule has 33 heavy (non-hydrogen) atoms. The van der Waals surface area contributed by atoms with Crippen molar-refractivity contribution in [1.29, 1.82) is 0 Å². The van der Waals surface area contributed by atoms with Gasteiger partial charge in [-0.3, -0.25) is 4.90 Å². The van der Waals surface area contributed by atoms with Gasteiger partial charge in [0.05, 0.1) is 29.1 Å². The van der Waals surface area contributed by atoms with Crippen molar-refractivity contribution < 1.29 is 8.78 Å². The summed E-state index contributed by atoms with van der Waals surface area (Å²) in [6.45, 7) is 5.06. The van der Waals surface area contributed by atoms with E-state index in [0.29, 0.717) is 41.7 Å². The zero-order valence-electron chi connectivity index (χ0n) is 19.2. The fraction of sp³-hybridized carbons (Fsp3) is 0.500. The van der Waals surface area contributed by atoms with E-state index in [-0.39, 0.29) is 11.9 Å². The van der Waals surface area contributed by atoms with E-state index in [4.69, 9.17) is 0 Å². The van der Waals surface area contributed by atoms with Gasteiger partial charge in [0, 0.05) is 31.7 Å². The van der Waals surface area contributed by atoms with Crippen LogP contribution in [-0.4, -0.2) is 57.9 Å². The number of azo groups is 1. The first-order chi connectivity index (χ1) is 15.9. The summed E-state index contributed by atoms with van der Waals surface area (Å²) in [4.78, 5) is 6.83. The molecule has 2 aliphatic rings. The Balaban J connectivity index is 1.41. The molecule has 0 amide bonds. The highest BCUT2D eigenvalue weighted by Gasteiger charge is 2.35. The van der Waals surface area contributed by atoms with Gasteiger partial charge in [-0.15, -0.1) is 5.10 Å². The molecule has 1 aliphatic carbocycles. The first-order valence-corrected chi connectivity index (χ1v) is 11.6. The molecule has 2 atom stereocenters. The normalized spacial score (nSPS) is 22.2. The zero-order chi connectivity index (χ0) is 23.1. The van der Waals surface area contributed by atoms with Crippen LogP contribution in [0.25, 0.3) is 16.6 Å². The lowest BCUT2D eigenvalue weighted by molar-refractivity contribution is 0.0552. The number of likely N-dealkylation sites (tertiary alicyclic amines) is 1. The van der Waals surface area contributed by atoms with E-state index in [2.05, 4.69) is 30.5 Å². The molecule has 174 valence electrons. The molecule has 1 saturated heterocycles. The minimum atomic E-state index is -0.988. The van der Waals surface area contributed by atoms with Gasteiger partial charge >= 0.3 is 0 Å². The van der Waals surface area contributed by atoms with Crippen LogP contribution >= 0.6 is 0 Å². The van der Waals surface area contributed by atoms with E-state index in [1.54, 1.807) is 7.05 Å². The van der Waals surface area contributed by atoms with Crippen molar-refractivity contribution in [2.75, 3.05) is 25.5 Å². The predicted molar refractivity (Wildman–Crippen MR) is 124 cm³/mol. The van der Waals surface area contributed by atoms with E-state index in [1.165, 1.54) is 30.0 Å². The molecular weight excluding hydrogens is 424 g/mol. The topological polar surface area (TPSA) is 70.2 Å². The van der Waals surface area contributed by atoms with Gasteiger partial charge in [-0.1, -0.05) is 12.5 Å². The number of rotatable bonds is 5. The summed E-state index contributed by atoms with van der Waals surface area (Å²) in [6, 6.07) is 5.73. The average molecular weight is 454 g/mol. The largest absolute Gasteiger partial charge is 0.347 e. The van der Waals surface area contributed by atoms with Crippen LogP contribution in [0.5, 0.6) is 0 Å². The third-order valence-corrected chi connectivity index (χ3v) is 6.93. The lowest BCUT2D eigenvalue weighted by Crippen LogP contribution is -2.53. The van der Waals surface area contributed by atoms with Gasteiger partial charge in [0.2, 0.25) is 5.95 Å². The summed E-state index contributed by atoms with van der Waals surface area (Å²) >= 11 is 0. The average Bonchev–Trinajstić information content (AvgIpc) is 3.07. The van der Waals surface area contributed by atoms with Gasteiger partial charge in [-0.05, 0) is 56.4 Å². The summed E-state index contributed by atoms with van der Waals surface area (Å²) in [5.74, 6) is -0.0628. The lowest BCUT2D eigenvalue weighted by atomic mass is 9.89. The van der Waals surface area contributed by atoms with E-state index >= 15 is 4.39 Å². The lowest BCUT2D eigenvalue weighted by Gasteiger charge is -2.43. The standard InChI is InChI=1S/C24H29F2N7/c1-14-11-16(7-8-20(14)30-27-3)22-19(26)13-33-23(22)15(2)28-24(31-33)29-21-9-10-32(12-18(21)25)17-5-4-6-17/h7-8,11,13,17-18,21H,4-6,9-10,12H2,1-3H3,(H,29,31). The SMILES string of the molecule is CN=Nc1ccc(-c2c(F)cn3nc(NC4CCN(C5CCC5)CC4F)nc(C)c23)cc1C. The Kier molecular flexibility index (Phi) is 5.82. The summed E-state index contributed by atoms with van der Waals surface area (Å²) < 4.78 is 31.4. The number of aromatic nitrogens is 3. The maximum atomic E-state index is 15.0. The van der Waals surface area contributed by atoms with Crippen molar-refractivity contribution in [3.63, 3.8) is 0 Å². The second kappa shape index (κ2) is 8.78. The first kappa shape index (κ1) is 21.9. The molecule has 1 aromatic carbocycles. The van der Waals surface area contributed by atoms with E-state index in [9.17, 15) is 4.39 Å². The molecule has 1 saturated carbocycles. The van der Waals surface area contributed by atoms with Crippen molar-refractivity contribution in [2.45, 2.75) is 57.8 Å². The van der Waals surface area contributed by atoms with Crippen LogP contribution in [0.15, 0.2) is 34.6 Å². The van der Waals surface area contributed by atoms with Crippen molar-refractivity contribution in [1.82, 2.24) is 19.5 Å². The molecule has 0 radical (unpaired) electrons. The van der Waals surface area contributed by atoms with E-state index in [0.717, 1.165) is 23.4 Å². The number of anilines is 1. The molecular formula is C24H29F2N7. The second-order valence-corrected chi connectivity index (χ2v) is 9.10. The molecule has 7 nitrogen and oxygen atoms in total. The van der Waals surface area contributed by atoms with Gasteiger partial charge in [-0.25, -0.2) is 18.3 Å². The van der Waals surface area contributed by atoms with Gasteiger partial charge in [0.25, 0.3) is 0 Å². The molecule has 3 heterocycles. The Bertz CT molecular complexity index is 1200. The maximum absolute atomic E-state index is 15.0. The molecule has 0 bridgehead atoms. The first-order valence-electron chi connectivity index (χ1n) is 11.6. The van der Waals surface area contributed by atoms with Crippen LogP contribution < -0.4 is 5.32 Å². The van der Waals surface area contributed by atoms with Gasteiger partial charge in [0.1, 0.15) is 6.17 Å². The number of fused-ring (bicyclic) bond motifs is 1. The van der Waals surface area contributed by atoms with Crippen LogP contribution in [0.2, 0.25) is 0 Å². The fourth-order valence-electron chi connectivity index (χ4n) is 4.93. The van der Waals surface area contributed by atoms with Crippen molar-refractivity contribution in [2.24, 2.45) is 10.2 Å². The van der Waals surface area contributed by atoms with E-state index < -0.39 is 6.17 Å². The molecule has 5 rings (SSSR count). The maximum Gasteiger partial charge on any atom is 0.241 e. The Labute approximate surface area is 191 Å². The Morgan fingerprint density at radius 2 is 2.00 bits per heavy atom. The molecule has 1 aliphatic heterocycles. The monoisotopic (exact) mass is 453 g/mol. The summed E-state index contributed by atoms with van der Waals surface area (Å²) in [5, 5.41) is 15.5. The van der Waals surface area contributed by atoms with Crippen molar-refractivity contribution in [3.8, 4) is 11.1 Å². The minimum absolute atomic E-state index is 0.321. The number of hydrogen-bond acceptors (Lipinski definition) is 6. The quantitative estimate of drug-likeness (QED) is 0.536. The number of aryl methyl sites for hydroxylation is 2. The highest BCUT2D eigenvalue weighted by molar-refractivity contribution is 5.84. The Morgan fingerprint density at radius 1 is 1.18 bits per heavy atom. The predicted octanol–water partition coefficient (Wildman–Crippen LogP) is 5.24. The van der Waals surface area contributed by atoms with Gasteiger partial charge in [0.15, 0.2) is 5.82 Å². The van der Waals surface area contributed by atoms with Gasteiger partial charge in [-0.2, -0.15) is 10.2 Å². The van der Waals surface area contributed by atoms with Crippen LogP contribution in [0, 0.1) is 19.7 Å². The smallest absolute Gasteiger partial charge is 0.241 e. The third kappa shape index (κ3) is 4.10. The van der Waals surface area contributed by atoms with Crippen molar-refractivity contribution in [3.05, 3.63) is 41.5 Å². The highest BCUT2D eigenvalue weighted by Crippen LogP contribution is 2.34. The highest BCUT2D eigenvalue weighted by atomic mass is 19.1. The molecule has 9 heteroatoms. The Hall–Kier alpha value is -2.94. The van der Waals surface area contributed by atoms with Crippen LogP contribution in [-0.2, 0) is 0 Å². The summed E-state index contributed by atoms with van der Waals surface area (Å²) in [5.41, 5.74) is 4.04. The number of benzene rings is 1. The summed E-state index contributed by atoms with van der Waals surface area (Å²) in [7, 11) is 1.61.